The maximum Gasteiger partial charge on any atom is 0.439 e. The van der Waals surface area contributed by atoms with Crippen LogP contribution in [-0.2, 0) is 0 Å². The zero-order valence-electron chi connectivity index (χ0n) is 18.6. The van der Waals surface area contributed by atoms with Crippen LogP contribution < -0.4 is 4.74 Å². The molecule has 0 aliphatic heterocycles. The number of hydrogen-bond acceptors (Lipinski definition) is 1. The second-order valence-electron chi connectivity index (χ2n) is 8.81. The minimum Gasteiger partial charge on any atom is -0.430 e. The van der Waals surface area contributed by atoms with Crippen molar-refractivity contribution in [1.82, 2.24) is 0 Å². The fraction of sp³-hybridized carbons (Fsp3) is 0.520. The molecule has 2 aromatic rings. The van der Waals surface area contributed by atoms with Gasteiger partial charge in [0.2, 0.25) is 0 Å². The van der Waals surface area contributed by atoms with E-state index in [1.54, 1.807) is 0 Å². The van der Waals surface area contributed by atoms with Crippen LogP contribution in [0.5, 0.6) is 5.75 Å². The summed E-state index contributed by atoms with van der Waals surface area (Å²) < 4.78 is 110. The van der Waals surface area contributed by atoms with Crippen molar-refractivity contribution in [3.63, 3.8) is 0 Å². The summed E-state index contributed by atoms with van der Waals surface area (Å²) in [6, 6.07) is 6.18. The van der Waals surface area contributed by atoms with Crippen LogP contribution in [0.25, 0.3) is 11.1 Å². The van der Waals surface area contributed by atoms with Crippen LogP contribution in [0.4, 0.5) is 35.1 Å². The lowest BCUT2D eigenvalue weighted by Gasteiger charge is -2.29. The number of hydrogen-bond donors (Lipinski definition) is 0. The van der Waals surface area contributed by atoms with Crippen LogP contribution in [0.3, 0.4) is 0 Å². The van der Waals surface area contributed by atoms with E-state index < -0.39 is 41.4 Å². The molecule has 0 N–H and O–H groups in total. The average Bonchev–Trinajstić information content (AvgIpc) is 2.77. The third kappa shape index (κ3) is 6.21. The molecule has 0 amide bonds. The molecule has 0 bridgehead atoms. The smallest absolute Gasteiger partial charge is 0.430 e. The molecular weight excluding hydrogens is 468 g/mol. The molecule has 1 unspecified atom stereocenters. The van der Waals surface area contributed by atoms with E-state index in [-0.39, 0.29) is 11.5 Å². The highest BCUT2D eigenvalue weighted by molar-refractivity contribution is 5.66. The summed E-state index contributed by atoms with van der Waals surface area (Å²) in [5.74, 6) is -1.75. The van der Waals surface area contributed by atoms with Crippen molar-refractivity contribution >= 4 is 0 Å². The first-order valence-corrected chi connectivity index (χ1v) is 11.3. The summed E-state index contributed by atoms with van der Waals surface area (Å²) >= 11 is 0. The number of benzene rings is 2. The second-order valence-corrected chi connectivity index (χ2v) is 8.81. The molecule has 3 rings (SSSR count). The van der Waals surface area contributed by atoms with Gasteiger partial charge in [-0.25, -0.2) is 13.2 Å². The Morgan fingerprint density at radius 2 is 1.47 bits per heavy atom. The Hall–Kier alpha value is -2.32. The van der Waals surface area contributed by atoms with Gasteiger partial charge in [-0.1, -0.05) is 38.3 Å². The Kier molecular flexibility index (Phi) is 8.14. The van der Waals surface area contributed by atoms with Crippen molar-refractivity contribution in [3.8, 4) is 16.9 Å². The van der Waals surface area contributed by atoms with Crippen molar-refractivity contribution in [2.75, 3.05) is 0 Å². The fourth-order valence-electron chi connectivity index (χ4n) is 4.47. The lowest BCUT2D eigenvalue weighted by atomic mass is 9.77. The molecule has 2 aromatic carbocycles. The molecule has 1 aliphatic rings. The fourth-order valence-corrected chi connectivity index (χ4v) is 4.47. The Balaban J connectivity index is 1.72. The van der Waals surface area contributed by atoms with Gasteiger partial charge in [-0.15, -0.1) is 0 Å². The minimum absolute atomic E-state index is 0.0203. The van der Waals surface area contributed by atoms with E-state index in [0.29, 0.717) is 11.5 Å². The lowest BCUT2D eigenvalue weighted by molar-refractivity contribution is -0.304. The van der Waals surface area contributed by atoms with Gasteiger partial charge in [0.05, 0.1) is 5.56 Å². The third-order valence-corrected chi connectivity index (χ3v) is 6.33. The average molecular weight is 494 g/mol. The number of alkyl halides is 6. The van der Waals surface area contributed by atoms with Crippen LogP contribution in [0.1, 0.15) is 63.4 Å². The molecule has 188 valence electrons. The molecule has 1 aliphatic carbocycles. The molecule has 0 radical (unpaired) electrons. The monoisotopic (exact) mass is 494 g/mol. The summed E-state index contributed by atoms with van der Waals surface area (Å²) in [5.41, 5.74) is 0.152. The standard InChI is InChI=1S/C25H26F8O/c1-2-3-4-15-5-7-16(8-6-15)18-13-20(26)22(21(27)14-18)17-9-11-19(12-10-17)34-25(32,33)23(28)24(29,30)31/h9-16,23H,2-8H2,1H3. The number of rotatable bonds is 8. The quantitative estimate of drug-likeness (QED) is 0.333. The highest BCUT2D eigenvalue weighted by Crippen LogP contribution is 2.40. The predicted molar refractivity (Wildman–Crippen MR) is 113 cm³/mol. The van der Waals surface area contributed by atoms with Crippen LogP contribution >= 0.6 is 0 Å². The predicted octanol–water partition coefficient (Wildman–Crippen LogP) is 8.97. The van der Waals surface area contributed by atoms with E-state index in [0.717, 1.165) is 56.4 Å². The van der Waals surface area contributed by atoms with Gasteiger partial charge in [0, 0.05) is 0 Å². The highest BCUT2D eigenvalue weighted by Gasteiger charge is 2.59. The zero-order chi connectivity index (χ0) is 25.1. The maximum atomic E-state index is 14.8. The van der Waals surface area contributed by atoms with Crippen molar-refractivity contribution in [2.45, 2.75) is 76.2 Å². The van der Waals surface area contributed by atoms with Crippen molar-refractivity contribution in [1.29, 1.82) is 0 Å². The first-order chi connectivity index (χ1) is 15.9. The molecule has 0 saturated heterocycles. The van der Waals surface area contributed by atoms with Gasteiger partial charge < -0.3 is 4.74 Å². The maximum absolute atomic E-state index is 14.8. The van der Waals surface area contributed by atoms with Crippen LogP contribution in [0, 0.1) is 17.6 Å². The first-order valence-electron chi connectivity index (χ1n) is 11.3. The van der Waals surface area contributed by atoms with Gasteiger partial charge in [-0.05, 0) is 72.9 Å². The van der Waals surface area contributed by atoms with Crippen molar-refractivity contribution < 1.29 is 39.9 Å². The lowest BCUT2D eigenvalue weighted by Crippen LogP contribution is -2.45. The first kappa shape index (κ1) is 26.3. The Labute approximate surface area is 193 Å². The normalized spacial score (nSPS) is 20.3. The Morgan fingerprint density at radius 1 is 0.912 bits per heavy atom. The van der Waals surface area contributed by atoms with E-state index in [9.17, 15) is 35.1 Å². The van der Waals surface area contributed by atoms with E-state index in [1.807, 2.05) is 0 Å². The van der Waals surface area contributed by atoms with Gasteiger partial charge in [0.25, 0.3) is 6.17 Å². The minimum atomic E-state index is -5.81. The molecule has 0 heterocycles. The second kappa shape index (κ2) is 10.5. The largest absolute Gasteiger partial charge is 0.439 e. The highest BCUT2D eigenvalue weighted by atomic mass is 19.4. The number of halogens is 8. The molecule has 1 fully saturated rings. The SMILES string of the molecule is CCCCC1CCC(c2cc(F)c(-c3ccc(OC(F)(F)C(F)C(F)(F)F)cc3)c(F)c2)CC1. The molecule has 1 nitrogen and oxygen atoms in total. The molecule has 0 aromatic heterocycles. The Bertz CT molecular complexity index is 923. The summed E-state index contributed by atoms with van der Waals surface area (Å²) in [6.45, 7) is 2.14. The van der Waals surface area contributed by atoms with Gasteiger partial charge in [0.1, 0.15) is 17.4 Å². The van der Waals surface area contributed by atoms with E-state index in [4.69, 9.17) is 0 Å². The number of unbranched alkanes of at least 4 members (excludes halogenated alkanes) is 1. The molecule has 0 spiro atoms. The summed E-state index contributed by atoms with van der Waals surface area (Å²) in [4.78, 5) is 0. The van der Waals surface area contributed by atoms with Crippen molar-refractivity contribution in [2.24, 2.45) is 5.92 Å². The molecular formula is C25H26F8O. The molecule has 9 heteroatoms. The summed E-state index contributed by atoms with van der Waals surface area (Å²) in [5, 5.41) is 0. The van der Waals surface area contributed by atoms with E-state index >= 15 is 0 Å². The Morgan fingerprint density at radius 3 is 1.97 bits per heavy atom. The van der Waals surface area contributed by atoms with Crippen LogP contribution in [-0.4, -0.2) is 18.5 Å². The van der Waals surface area contributed by atoms with Gasteiger partial charge >= 0.3 is 12.3 Å². The number of ether oxygens (including phenoxy) is 1. The zero-order valence-corrected chi connectivity index (χ0v) is 18.6. The molecule has 34 heavy (non-hydrogen) atoms. The van der Waals surface area contributed by atoms with E-state index in [2.05, 4.69) is 11.7 Å². The van der Waals surface area contributed by atoms with Gasteiger partial charge in [0.15, 0.2) is 0 Å². The van der Waals surface area contributed by atoms with Crippen molar-refractivity contribution in [3.05, 3.63) is 53.6 Å². The van der Waals surface area contributed by atoms with Gasteiger partial charge in [-0.3, -0.25) is 0 Å². The summed E-state index contributed by atoms with van der Waals surface area (Å²) in [6.07, 6.45) is -8.31. The summed E-state index contributed by atoms with van der Waals surface area (Å²) in [7, 11) is 0. The molecule has 1 atom stereocenters. The van der Waals surface area contributed by atoms with E-state index in [1.165, 1.54) is 25.0 Å². The molecule has 1 saturated carbocycles. The topological polar surface area (TPSA) is 9.23 Å². The van der Waals surface area contributed by atoms with Gasteiger partial charge in [-0.2, -0.15) is 22.0 Å². The van der Waals surface area contributed by atoms with Crippen LogP contribution in [0.15, 0.2) is 36.4 Å². The van der Waals surface area contributed by atoms with Crippen LogP contribution in [0.2, 0.25) is 0 Å². The third-order valence-electron chi connectivity index (χ3n) is 6.33.